The minimum Gasteiger partial charge on any atom is -0.438 e. The Bertz CT molecular complexity index is 782. The number of aromatic nitrogens is 1. The fraction of sp³-hybridized carbons (Fsp3) is 0.316. The Hall–Kier alpha value is -1.98. The zero-order chi connectivity index (χ0) is 16.4. The van der Waals surface area contributed by atoms with E-state index < -0.39 is 0 Å². The molecule has 2 atom stereocenters. The third kappa shape index (κ3) is 3.28. The Morgan fingerprint density at radius 1 is 1.21 bits per heavy atom. The lowest BCUT2D eigenvalue weighted by Gasteiger charge is -2.20. The van der Waals surface area contributed by atoms with Gasteiger partial charge in [0.25, 0.3) is 0 Å². The standard InChI is InChI=1S/C19H19FN2OS/c20-14-8-6-13(7-9-14)15-3-1-4-16(15)21-12-19-22-11-17(23-19)18-5-2-10-24-18/h2,5-11,15-16,21H,1,3-4,12H2/t15-,16+/m0/s1. The molecule has 3 nitrogen and oxygen atoms in total. The number of hydrogen-bond acceptors (Lipinski definition) is 4. The van der Waals surface area contributed by atoms with Gasteiger partial charge in [-0.15, -0.1) is 11.3 Å². The molecule has 1 N–H and O–H groups in total. The average molecular weight is 342 g/mol. The maximum Gasteiger partial charge on any atom is 0.208 e. The molecule has 2 heterocycles. The van der Waals surface area contributed by atoms with Crippen LogP contribution in [-0.2, 0) is 6.54 Å². The van der Waals surface area contributed by atoms with E-state index in [0.29, 0.717) is 24.4 Å². The molecule has 1 aliphatic rings. The second-order valence-corrected chi connectivity index (χ2v) is 7.12. The van der Waals surface area contributed by atoms with Crippen molar-refractivity contribution >= 4 is 11.3 Å². The molecule has 2 aromatic heterocycles. The van der Waals surface area contributed by atoms with Crippen LogP contribution in [0, 0.1) is 5.82 Å². The normalized spacial score (nSPS) is 20.5. The molecule has 0 aliphatic heterocycles. The van der Waals surface area contributed by atoms with E-state index in [1.54, 1.807) is 29.7 Å². The van der Waals surface area contributed by atoms with Crippen LogP contribution in [0.1, 0.15) is 36.6 Å². The molecule has 0 bridgehead atoms. The zero-order valence-electron chi connectivity index (χ0n) is 13.2. The van der Waals surface area contributed by atoms with E-state index in [0.717, 1.165) is 23.5 Å². The lowest BCUT2D eigenvalue weighted by atomic mass is 9.94. The van der Waals surface area contributed by atoms with Crippen LogP contribution in [0.15, 0.2) is 52.4 Å². The Kier molecular flexibility index (Phi) is 4.45. The number of rotatable bonds is 5. The van der Waals surface area contributed by atoms with Crippen molar-refractivity contribution < 1.29 is 8.81 Å². The summed E-state index contributed by atoms with van der Waals surface area (Å²) >= 11 is 1.65. The summed E-state index contributed by atoms with van der Waals surface area (Å²) in [4.78, 5) is 5.47. The van der Waals surface area contributed by atoms with E-state index in [1.165, 1.54) is 12.0 Å². The summed E-state index contributed by atoms with van der Waals surface area (Å²) in [5.41, 5.74) is 1.21. The van der Waals surface area contributed by atoms with Gasteiger partial charge in [0, 0.05) is 6.04 Å². The molecular weight excluding hydrogens is 323 g/mol. The first kappa shape index (κ1) is 15.5. The maximum atomic E-state index is 13.1. The highest BCUT2D eigenvalue weighted by Crippen LogP contribution is 2.35. The second kappa shape index (κ2) is 6.87. The number of nitrogens with zero attached hydrogens (tertiary/aromatic N) is 1. The van der Waals surface area contributed by atoms with Gasteiger partial charge in [0.1, 0.15) is 5.82 Å². The molecule has 1 fully saturated rings. The van der Waals surface area contributed by atoms with Crippen molar-refractivity contribution in [1.29, 1.82) is 0 Å². The molecular formula is C19H19FN2OS. The van der Waals surface area contributed by atoms with Crippen molar-refractivity contribution in [3.63, 3.8) is 0 Å². The Morgan fingerprint density at radius 3 is 2.88 bits per heavy atom. The molecule has 1 aliphatic carbocycles. The number of hydrogen-bond donors (Lipinski definition) is 1. The summed E-state index contributed by atoms with van der Waals surface area (Å²) in [6, 6.07) is 11.3. The maximum absolute atomic E-state index is 13.1. The van der Waals surface area contributed by atoms with Crippen LogP contribution in [0.25, 0.3) is 10.6 Å². The Balaban J connectivity index is 1.40. The monoisotopic (exact) mass is 342 g/mol. The highest BCUT2D eigenvalue weighted by molar-refractivity contribution is 7.13. The van der Waals surface area contributed by atoms with Gasteiger partial charge in [0.05, 0.1) is 17.6 Å². The Morgan fingerprint density at radius 2 is 2.08 bits per heavy atom. The molecule has 24 heavy (non-hydrogen) atoms. The van der Waals surface area contributed by atoms with Crippen LogP contribution in [-0.4, -0.2) is 11.0 Å². The van der Waals surface area contributed by atoms with Crippen LogP contribution >= 0.6 is 11.3 Å². The summed E-state index contributed by atoms with van der Waals surface area (Å²) in [6.07, 6.45) is 5.23. The fourth-order valence-corrected chi connectivity index (χ4v) is 4.13. The van der Waals surface area contributed by atoms with Crippen molar-refractivity contribution in [2.24, 2.45) is 0 Å². The van der Waals surface area contributed by atoms with Crippen molar-refractivity contribution in [3.05, 3.63) is 65.2 Å². The third-order valence-corrected chi connectivity index (χ3v) is 5.53. The zero-order valence-corrected chi connectivity index (χ0v) is 14.1. The van der Waals surface area contributed by atoms with Crippen molar-refractivity contribution in [2.45, 2.75) is 37.8 Å². The number of nitrogens with one attached hydrogen (secondary N) is 1. The number of thiophene rings is 1. The molecule has 5 heteroatoms. The summed E-state index contributed by atoms with van der Waals surface area (Å²) < 4.78 is 19.0. The third-order valence-electron chi connectivity index (χ3n) is 4.65. The highest BCUT2D eigenvalue weighted by Gasteiger charge is 2.28. The topological polar surface area (TPSA) is 38.1 Å². The quantitative estimate of drug-likeness (QED) is 0.711. The minimum absolute atomic E-state index is 0.179. The summed E-state index contributed by atoms with van der Waals surface area (Å²) in [5, 5.41) is 5.60. The van der Waals surface area contributed by atoms with Crippen LogP contribution in [0.3, 0.4) is 0 Å². The summed E-state index contributed by atoms with van der Waals surface area (Å²) in [5.74, 6) is 1.78. The molecule has 1 aromatic carbocycles. The van der Waals surface area contributed by atoms with Gasteiger partial charge in [-0.3, -0.25) is 0 Å². The first-order valence-corrected chi connectivity index (χ1v) is 9.15. The first-order chi connectivity index (χ1) is 11.8. The van der Waals surface area contributed by atoms with Crippen LogP contribution in [0.5, 0.6) is 0 Å². The molecule has 3 aromatic rings. The fourth-order valence-electron chi connectivity index (χ4n) is 3.46. The van der Waals surface area contributed by atoms with E-state index in [4.69, 9.17) is 4.42 Å². The van der Waals surface area contributed by atoms with Gasteiger partial charge in [0.15, 0.2) is 5.76 Å². The van der Waals surface area contributed by atoms with E-state index in [1.807, 2.05) is 29.6 Å². The van der Waals surface area contributed by atoms with Gasteiger partial charge < -0.3 is 9.73 Å². The van der Waals surface area contributed by atoms with Crippen LogP contribution in [0.4, 0.5) is 4.39 Å². The second-order valence-electron chi connectivity index (χ2n) is 6.17. The minimum atomic E-state index is -0.179. The van der Waals surface area contributed by atoms with Crippen molar-refractivity contribution in [3.8, 4) is 10.6 Å². The predicted molar refractivity (Wildman–Crippen MR) is 93.4 cm³/mol. The van der Waals surface area contributed by atoms with Gasteiger partial charge in [-0.1, -0.05) is 24.6 Å². The Labute approximate surface area is 144 Å². The molecule has 0 spiro atoms. The van der Waals surface area contributed by atoms with Gasteiger partial charge in [0.2, 0.25) is 5.89 Å². The number of oxazole rings is 1. The first-order valence-electron chi connectivity index (χ1n) is 8.27. The highest BCUT2D eigenvalue weighted by atomic mass is 32.1. The lowest BCUT2D eigenvalue weighted by molar-refractivity contribution is 0.421. The van der Waals surface area contributed by atoms with E-state index in [2.05, 4.69) is 10.3 Å². The van der Waals surface area contributed by atoms with E-state index in [-0.39, 0.29) is 5.82 Å². The smallest absolute Gasteiger partial charge is 0.208 e. The number of benzene rings is 1. The van der Waals surface area contributed by atoms with Gasteiger partial charge in [-0.25, -0.2) is 9.37 Å². The molecule has 124 valence electrons. The van der Waals surface area contributed by atoms with Crippen molar-refractivity contribution in [2.75, 3.05) is 0 Å². The predicted octanol–water partition coefficient (Wildman–Crippen LogP) is 4.97. The van der Waals surface area contributed by atoms with Crippen molar-refractivity contribution in [1.82, 2.24) is 10.3 Å². The van der Waals surface area contributed by atoms with Crippen LogP contribution in [0.2, 0.25) is 0 Å². The molecule has 0 amide bonds. The molecule has 0 saturated heterocycles. The van der Waals surface area contributed by atoms with E-state index >= 15 is 0 Å². The molecule has 0 unspecified atom stereocenters. The van der Waals surface area contributed by atoms with Gasteiger partial charge >= 0.3 is 0 Å². The van der Waals surface area contributed by atoms with Gasteiger partial charge in [-0.2, -0.15) is 0 Å². The largest absolute Gasteiger partial charge is 0.438 e. The number of halogens is 1. The molecule has 4 rings (SSSR count). The summed E-state index contributed by atoms with van der Waals surface area (Å²) in [6.45, 7) is 0.619. The van der Waals surface area contributed by atoms with Crippen LogP contribution < -0.4 is 5.32 Å². The van der Waals surface area contributed by atoms with Gasteiger partial charge in [-0.05, 0) is 47.9 Å². The lowest BCUT2D eigenvalue weighted by Crippen LogP contribution is -2.30. The van der Waals surface area contributed by atoms with E-state index in [9.17, 15) is 4.39 Å². The summed E-state index contributed by atoms with van der Waals surface area (Å²) in [7, 11) is 0. The molecule has 1 saturated carbocycles. The molecule has 0 radical (unpaired) electrons. The SMILES string of the molecule is Fc1ccc([C@@H]2CCC[C@H]2NCc2ncc(-c3cccs3)o2)cc1. The average Bonchev–Trinajstić information content (AvgIpc) is 3.34.